The second-order valence-corrected chi connectivity index (χ2v) is 3.40. The number of H-pyrrole nitrogens is 1. The maximum atomic E-state index is 10.4. The van der Waals surface area contributed by atoms with Gasteiger partial charge in [0.1, 0.15) is 10.0 Å². The van der Waals surface area contributed by atoms with Crippen molar-refractivity contribution in [1.82, 2.24) is 4.98 Å². The zero-order valence-corrected chi connectivity index (χ0v) is 7.28. The summed E-state index contributed by atoms with van der Waals surface area (Å²) in [6.07, 6.45) is 1.32. The number of halogens is 1. The van der Waals surface area contributed by atoms with Gasteiger partial charge < -0.3 is 6.41 Å². The van der Waals surface area contributed by atoms with E-state index in [1.807, 2.05) is 0 Å². The SMILES string of the molecule is O=S(=O)(O)c1cc[nH]c1Cl.[H-].[Li+]. The predicted octanol–water partition coefficient (Wildman–Crippen LogP) is -1.97. The van der Waals surface area contributed by atoms with Crippen LogP contribution in [-0.2, 0) is 10.1 Å². The van der Waals surface area contributed by atoms with Gasteiger partial charge in [-0.3, -0.25) is 4.55 Å². The van der Waals surface area contributed by atoms with Gasteiger partial charge in [0.05, 0.1) is 0 Å². The third-order valence-electron chi connectivity index (χ3n) is 0.939. The molecule has 0 aliphatic carbocycles. The molecule has 0 fully saturated rings. The van der Waals surface area contributed by atoms with Gasteiger partial charge >= 0.3 is 18.9 Å². The van der Waals surface area contributed by atoms with Crippen LogP contribution in [0.5, 0.6) is 0 Å². The molecule has 0 bridgehead atoms. The second kappa shape index (κ2) is 3.65. The van der Waals surface area contributed by atoms with Gasteiger partial charge in [-0.2, -0.15) is 8.42 Å². The molecule has 0 spiro atoms. The zero-order chi connectivity index (χ0) is 7.78. The van der Waals surface area contributed by atoms with Crippen LogP contribution in [0.1, 0.15) is 1.43 Å². The fourth-order valence-electron chi connectivity index (χ4n) is 0.534. The Morgan fingerprint density at radius 3 is 2.36 bits per heavy atom. The van der Waals surface area contributed by atoms with E-state index < -0.39 is 10.1 Å². The molecule has 0 saturated carbocycles. The van der Waals surface area contributed by atoms with Crippen LogP contribution >= 0.6 is 11.6 Å². The monoisotopic (exact) mass is 189 g/mol. The van der Waals surface area contributed by atoms with E-state index in [0.29, 0.717) is 0 Å². The first-order chi connectivity index (χ1) is 4.52. The van der Waals surface area contributed by atoms with Crippen molar-refractivity contribution in [2.75, 3.05) is 0 Å². The molecule has 1 aromatic heterocycles. The van der Waals surface area contributed by atoms with E-state index in [9.17, 15) is 8.42 Å². The fraction of sp³-hybridized carbons (Fsp3) is 0. The van der Waals surface area contributed by atoms with Gasteiger partial charge in [-0.15, -0.1) is 0 Å². The van der Waals surface area contributed by atoms with Gasteiger partial charge in [0.2, 0.25) is 0 Å². The molecule has 4 nitrogen and oxygen atoms in total. The molecule has 0 aliphatic heterocycles. The van der Waals surface area contributed by atoms with Crippen LogP contribution in [-0.4, -0.2) is 18.0 Å². The van der Waals surface area contributed by atoms with Crippen LogP contribution in [0.4, 0.5) is 0 Å². The van der Waals surface area contributed by atoms with Gasteiger partial charge in [-0.05, 0) is 6.07 Å². The van der Waals surface area contributed by atoms with Crippen LogP contribution in [0.2, 0.25) is 5.15 Å². The summed E-state index contributed by atoms with van der Waals surface area (Å²) < 4.78 is 29.2. The quantitative estimate of drug-likeness (QED) is 0.398. The molecule has 2 N–H and O–H groups in total. The van der Waals surface area contributed by atoms with Gasteiger partial charge in [0, 0.05) is 6.20 Å². The first-order valence-electron chi connectivity index (χ1n) is 2.32. The predicted molar refractivity (Wildman–Crippen MR) is 36.7 cm³/mol. The van der Waals surface area contributed by atoms with Crippen LogP contribution in [0.3, 0.4) is 0 Å². The van der Waals surface area contributed by atoms with E-state index >= 15 is 0 Å². The Morgan fingerprint density at radius 1 is 1.64 bits per heavy atom. The minimum absolute atomic E-state index is 0. The number of hydrogen-bond donors (Lipinski definition) is 2. The molecular formula is C4H5ClLiNO3S. The summed E-state index contributed by atoms with van der Waals surface area (Å²) in [7, 11) is -4.15. The number of hydrogen-bond acceptors (Lipinski definition) is 2. The van der Waals surface area contributed by atoms with E-state index in [1.165, 1.54) is 12.3 Å². The van der Waals surface area contributed by atoms with Gasteiger partial charge in [-0.25, -0.2) is 0 Å². The maximum absolute atomic E-state index is 10.4. The van der Waals surface area contributed by atoms with E-state index in [-0.39, 0.29) is 30.3 Å². The first kappa shape index (κ1) is 11.1. The minimum atomic E-state index is -4.15. The maximum Gasteiger partial charge on any atom is 1.00 e. The third-order valence-corrected chi connectivity index (χ3v) is 2.26. The summed E-state index contributed by atoms with van der Waals surface area (Å²) in [4.78, 5) is 2.10. The number of aromatic amines is 1. The summed E-state index contributed by atoms with van der Waals surface area (Å²) in [5, 5.41) is -0.0810. The topological polar surface area (TPSA) is 70.2 Å². The normalized spacial score (nSPS) is 10.7. The van der Waals surface area contributed by atoms with E-state index in [4.69, 9.17) is 16.2 Å². The smallest absolute Gasteiger partial charge is 1.00 e. The average Bonchev–Trinajstić information content (AvgIpc) is 2.11. The van der Waals surface area contributed by atoms with Crippen LogP contribution in [0.25, 0.3) is 0 Å². The molecule has 0 unspecified atom stereocenters. The Bertz CT molecular complexity index is 338. The molecule has 0 atom stereocenters. The fourth-order valence-corrected chi connectivity index (χ4v) is 1.48. The van der Waals surface area contributed by atoms with Gasteiger partial charge in [0.15, 0.2) is 0 Å². The van der Waals surface area contributed by atoms with Crippen molar-refractivity contribution in [2.24, 2.45) is 0 Å². The number of rotatable bonds is 1. The summed E-state index contributed by atoms with van der Waals surface area (Å²) in [6, 6.07) is 1.18. The molecule has 58 valence electrons. The molecular weight excluding hydrogens is 185 g/mol. The number of nitrogens with one attached hydrogen (secondary N) is 1. The Balaban J connectivity index is 0. The molecule has 0 saturated heterocycles. The molecule has 0 aliphatic rings. The van der Waals surface area contributed by atoms with Crippen molar-refractivity contribution in [1.29, 1.82) is 0 Å². The average molecular weight is 190 g/mol. The first-order valence-corrected chi connectivity index (χ1v) is 4.14. The van der Waals surface area contributed by atoms with Crippen LogP contribution in [0.15, 0.2) is 17.2 Å². The molecule has 1 aromatic rings. The summed E-state index contributed by atoms with van der Waals surface area (Å²) >= 11 is 5.33. The summed E-state index contributed by atoms with van der Waals surface area (Å²) in [6.45, 7) is 0. The van der Waals surface area contributed by atoms with Crippen molar-refractivity contribution in [3.63, 3.8) is 0 Å². The van der Waals surface area contributed by atoms with Gasteiger partial charge in [-0.1, -0.05) is 11.6 Å². The second-order valence-electron chi connectivity index (χ2n) is 1.63. The zero-order valence-electron chi connectivity index (χ0n) is 6.70. The standard InChI is InChI=1S/C4H4ClNO3S.Li.H/c5-4-3(1-2-6-4)10(7,8)9;;/h1-2,6H,(H,7,8,9);;/q;+1;-1. The van der Waals surface area contributed by atoms with Crippen molar-refractivity contribution in [3.05, 3.63) is 17.4 Å². The van der Waals surface area contributed by atoms with Crippen LogP contribution in [0, 0.1) is 0 Å². The summed E-state index contributed by atoms with van der Waals surface area (Å²) in [5.74, 6) is 0. The summed E-state index contributed by atoms with van der Waals surface area (Å²) in [5.41, 5.74) is 0. The van der Waals surface area contributed by atoms with Crippen LogP contribution < -0.4 is 18.9 Å². The molecule has 1 rings (SSSR count). The third kappa shape index (κ3) is 2.54. The van der Waals surface area contributed by atoms with E-state index in [2.05, 4.69) is 4.98 Å². The Labute approximate surface area is 82.4 Å². The molecule has 0 radical (unpaired) electrons. The van der Waals surface area contributed by atoms with Crippen molar-refractivity contribution in [2.45, 2.75) is 4.90 Å². The number of aromatic nitrogens is 1. The Hall–Kier alpha value is 0.0774. The molecule has 0 aromatic carbocycles. The Kier molecular flexibility index (Phi) is 3.68. The molecule has 1 heterocycles. The minimum Gasteiger partial charge on any atom is -1.00 e. The van der Waals surface area contributed by atoms with Crippen molar-refractivity contribution in [3.8, 4) is 0 Å². The largest absolute Gasteiger partial charge is 1.00 e. The van der Waals surface area contributed by atoms with Gasteiger partial charge in [0.25, 0.3) is 10.1 Å². The molecule has 7 heteroatoms. The van der Waals surface area contributed by atoms with Crippen molar-refractivity contribution < 1.29 is 33.3 Å². The van der Waals surface area contributed by atoms with E-state index in [1.54, 1.807) is 0 Å². The van der Waals surface area contributed by atoms with Crippen molar-refractivity contribution >= 4 is 21.7 Å². The molecule has 11 heavy (non-hydrogen) atoms. The molecule has 0 amide bonds. The Morgan fingerprint density at radius 2 is 2.18 bits per heavy atom. The van der Waals surface area contributed by atoms with E-state index in [0.717, 1.165) is 0 Å².